The summed E-state index contributed by atoms with van der Waals surface area (Å²) in [5.74, 6) is 0.0788. The average molecular weight is 485 g/mol. The molecule has 0 fully saturated rings. The van der Waals surface area contributed by atoms with Crippen molar-refractivity contribution in [2.75, 3.05) is 14.2 Å². The molecule has 34 heavy (non-hydrogen) atoms. The van der Waals surface area contributed by atoms with Gasteiger partial charge in [-0.1, -0.05) is 33.6 Å². The average Bonchev–Trinajstić information content (AvgIpc) is 2.84. The number of hydrogen-bond acceptors (Lipinski definition) is 8. The normalized spacial score (nSPS) is 15.6. The summed E-state index contributed by atoms with van der Waals surface area (Å²) in [7, 11) is 2.91. The first kappa shape index (κ1) is 24.9. The van der Waals surface area contributed by atoms with E-state index in [9.17, 15) is 15.2 Å². The number of nitrogens with zero attached hydrogens (tertiary/aromatic N) is 2. The molecular weight excluding hydrogens is 460 g/mol. The summed E-state index contributed by atoms with van der Waals surface area (Å²) in [5, 5.41) is 26.3. The molecule has 0 saturated heterocycles. The van der Waals surface area contributed by atoms with Crippen LogP contribution in [0.4, 0.5) is 0 Å². The number of methoxy groups -OCH3 is 2. The molecule has 2 aromatic carbocycles. The van der Waals surface area contributed by atoms with Crippen molar-refractivity contribution >= 4 is 29.0 Å². The second-order valence-electron chi connectivity index (χ2n) is 7.67. The largest absolute Gasteiger partial charge is 0.496 e. The number of rotatable bonds is 7. The number of allylic oxidation sites excluding steroid dienone is 3. The van der Waals surface area contributed by atoms with Gasteiger partial charge in [0, 0.05) is 17.0 Å². The summed E-state index contributed by atoms with van der Waals surface area (Å²) in [6, 6.07) is 8.04. The van der Waals surface area contributed by atoms with Crippen molar-refractivity contribution < 1.29 is 29.4 Å². The zero-order chi connectivity index (χ0) is 24.8. The van der Waals surface area contributed by atoms with E-state index in [-0.39, 0.29) is 11.4 Å². The number of hydrogen-bond donors (Lipinski definition) is 2. The Labute approximate surface area is 202 Å². The second-order valence-corrected chi connectivity index (χ2v) is 8.11. The summed E-state index contributed by atoms with van der Waals surface area (Å²) in [6.07, 6.45) is 4.48. The molecule has 2 N–H and O–H groups in total. The molecule has 0 aliphatic heterocycles. The topological polar surface area (TPSA) is 110 Å². The minimum atomic E-state index is -0.771. The van der Waals surface area contributed by atoms with Gasteiger partial charge in [-0.05, 0) is 56.3 Å². The molecule has 0 saturated carbocycles. The lowest BCUT2D eigenvalue weighted by Crippen LogP contribution is -2.20. The van der Waals surface area contributed by atoms with Gasteiger partial charge in [0.15, 0.2) is 0 Å². The van der Waals surface area contributed by atoms with Crippen molar-refractivity contribution in [2.24, 2.45) is 10.3 Å². The monoisotopic (exact) mass is 484 g/mol. The Bertz CT molecular complexity index is 1190. The van der Waals surface area contributed by atoms with E-state index in [1.807, 2.05) is 19.9 Å². The number of benzene rings is 2. The first-order valence-electron chi connectivity index (χ1n) is 10.4. The lowest BCUT2D eigenvalue weighted by molar-refractivity contribution is 0.0297. The van der Waals surface area contributed by atoms with Crippen LogP contribution in [0.3, 0.4) is 0 Å². The highest BCUT2D eigenvalue weighted by Crippen LogP contribution is 2.42. The molecule has 0 aromatic heterocycles. The highest BCUT2D eigenvalue weighted by atomic mass is 35.5. The van der Waals surface area contributed by atoms with E-state index in [1.165, 1.54) is 26.4 Å². The Balaban J connectivity index is 2.20. The maximum absolute atomic E-state index is 13.0. The number of carbonyl (C=O) groups is 1. The van der Waals surface area contributed by atoms with Gasteiger partial charge in [-0.15, -0.1) is 0 Å². The zero-order valence-corrected chi connectivity index (χ0v) is 20.0. The van der Waals surface area contributed by atoms with E-state index >= 15 is 0 Å². The third-order valence-electron chi connectivity index (χ3n) is 5.24. The van der Waals surface area contributed by atoms with Crippen LogP contribution in [0, 0.1) is 0 Å². The van der Waals surface area contributed by atoms with Gasteiger partial charge in [0.1, 0.15) is 29.0 Å². The van der Waals surface area contributed by atoms with Crippen LogP contribution in [0.15, 0.2) is 64.4 Å². The molecule has 3 rings (SSSR count). The summed E-state index contributed by atoms with van der Waals surface area (Å²) < 4.78 is 17.2. The summed E-state index contributed by atoms with van der Waals surface area (Å²) >= 11 is 5.94. The lowest BCUT2D eigenvalue weighted by atomic mass is 9.88. The van der Waals surface area contributed by atoms with Crippen LogP contribution in [0.1, 0.15) is 53.4 Å². The van der Waals surface area contributed by atoms with E-state index in [0.29, 0.717) is 45.2 Å². The molecule has 0 bridgehead atoms. The van der Waals surface area contributed by atoms with Crippen LogP contribution in [-0.4, -0.2) is 42.0 Å². The van der Waals surface area contributed by atoms with Crippen molar-refractivity contribution in [3.63, 3.8) is 0 Å². The Morgan fingerprint density at radius 2 is 1.65 bits per heavy atom. The highest BCUT2D eigenvalue weighted by Gasteiger charge is 2.32. The molecule has 1 atom stereocenters. The standard InChI is InChI=1S/C25H25ClN2O6/c1-14(2)5-12-20(34-25(29)15-6-8-16(26)9-7-15)17-13-21(32-3)22-18(27-30)10-11-19(28-31)23(22)24(17)33-4/h5-11,13,20,30-31H,12H2,1-4H3/t20-/m1/s1. The molecule has 0 radical (unpaired) electrons. The van der Waals surface area contributed by atoms with Crippen LogP contribution in [0.2, 0.25) is 5.02 Å². The summed E-state index contributed by atoms with van der Waals surface area (Å²) in [4.78, 5) is 13.0. The Hall–Kier alpha value is -3.78. The van der Waals surface area contributed by atoms with Gasteiger partial charge in [-0.25, -0.2) is 4.79 Å². The molecule has 178 valence electrons. The summed E-state index contributed by atoms with van der Waals surface area (Å²) in [5.41, 5.74) is 2.96. The predicted molar refractivity (Wildman–Crippen MR) is 129 cm³/mol. The number of fused-ring (bicyclic) bond motifs is 1. The van der Waals surface area contributed by atoms with Gasteiger partial charge in [-0.3, -0.25) is 0 Å². The number of carbonyl (C=O) groups excluding carboxylic acids is 1. The maximum atomic E-state index is 13.0. The summed E-state index contributed by atoms with van der Waals surface area (Å²) in [6.45, 7) is 3.88. The molecule has 9 heteroatoms. The molecule has 1 aliphatic carbocycles. The SMILES string of the molecule is COc1cc([C@@H](CC=C(C)C)OC(=O)c2ccc(Cl)cc2)c(OC)c2c1C(=NO)C=CC2=NO. The van der Waals surface area contributed by atoms with Gasteiger partial charge in [0.25, 0.3) is 0 Å². The molecule has 1 aliphatic rings. The van der Waals surface area contributed by atoms with Crippen molar-refractivity contribution in [2.45, 2.75) is 26.4 Å². The molecule has 0 spiro atoms. The van der Waals surface area contributed by atoms with E-state index < -0.39 is 12.1 Å². The van der Waals surface area contributed by atoms with Gasteiger partial charge in [0.05, 0.1) is 30.9 Å². The predicted octanol–water partition coefficient (Wildman–Crippen LogP) is 5.54. The van der Waals surface area contributed by atoms with Crippen LogP contribution >= 0.6 is 11.6 Å². The second kappa shape index (κ2) is 10.9. The number of esters is 1. The fraction of sp³-hybridized carbons (Fsp3) is 0.240. The first-order valence-corrected chi connectivity index (χ1v) is 10.7. The minimum Gasteiger partial charge on any atom is -0.496 e. The lowest BCUT2D eigenvalue weighted by Gasteiger charge is -2.26. The van der Waals surface area contributed by atoms with Crippen LogP contribution in [0.25, 0.3) is 0 Å². The molecule has 8 nitrogen and oxygen atoms in total. The Kier molecular flexibility index (Phi) is 7.96. The molecular formula is C25H25ClN2O6. The van der Waals surface area contributed by atoms with Crippen LogP contribution in [-0.2, 0) is 4.74 Å². The first-order chi connectivity index (χ1) is 16.3. The number of oxime groups is 2. The van der Waals surface area contributed by atoms with Gasteiger partial charge < -0.3 is 24.6 Å². The number of halogens is 1. The fourth-order valence-corrected chi connectivity index (χ4v) is 3.76. The van der Waals surface area contributed by atoms with Crippen molar-refractivity contribution in [1.29, 1.82) is 0 Å². The molecule has 0 heterocycles. The van der Waals surface area contributed by atoms with Crippen LogP contribution < -0.4 is 9.47 Å². The Morgan fingerprint density at radius 1 is 1.03 bits per heavy atom. The van der Waals surface area contributed by atoms with E-state index in [1.54, 1.807) is 30.3 Å². The third kappa shape index (κ3) is 5.07. The minimum absolute atomic E-state index is 0.171. The smallest absolute Gasteiger partial charge is 0.338 e. The zero-order valence-electron chi connectivity index (χ0n) is 19.2. The van der Waals surface area contributed by atoms with Crippen molar-refractivity contribution in [1.82, 2.24) is 0 Å². The molecule has 0 amide bonds. The molecule has 0 unspecified atom stereocenters. The van der Waals surface area contributed by atoms with Crippen molar-refractivity contribution in [3.05, 3.63) is 81.4 Å². The van der Waals surface area contributed by atoms with Gasteiger partial charge in [-0.2, -0.15) is 0 Å². The number of ether oxygens (including phenoxy) is 3. The quantitative estimate of drug-likeness (QED) is 0.231. The van der Waals surface area contributed by atoms with Gasteiger partial charge >= 0.3 is 5.97 Å². The van der Waals surface area contributed by atoms with Crippen LogP contribution in [0.5, 0.6) is 11.5 Å². The maximum Gasteiger partial charge on any atom is 0.338 e. The van der Waals surface area contributed by atoms with E-state index in [2.05, 4.69) is 10.3 Å². The highest BCUT2D eigenvalue weighted by molar-refractivity contribution is 6.30. The van der Waals surface area contributed by atoms with E-state index in [4.69, 9.17) is 25.8 Å². The Morgan fingerprint density at radius 3 is 2.18 bits per heavy atom. The van der Waals surface area contributed by atoms with E-state index in [0.717, 1.165) is 5.57 Å². The van der Waals surface area contributed by atoms with Gasteiger partial charge in [0.2, 0.25) is 0 Å². The third-order valence-corrected chi connectivity index (χ3v) is 5.49. The molecule has 2 aromatic rings. The van der Waals surface area contributed by atoms with Crippen molar-refractivity contribution in [3.8, 4) is 11.5 Å². The fourth-order valence-electron chi connectivity index (χ4n) is 3.63.